The fourth-order valence-corrected chi connectivity index (χ4v) is 3.58. The average molecular weight is 300 g/mol. The van der Waals surface area contributed by atoms with Crippen LogP contribution in [-0.4, -0.2) is 28.8 Å². The first-order valence-corrected chi connectivity index (χ1v) is 7.82. The summed E-state index contributed by atoms with van der Waals surface area (Å²) in [7, 11) is 0. The molecular formula is C14H17FO4S. The topological polar surface area (TPSA) is 47.9 Å². The number of halogens is 1. The highest BCUT2D eigenvalue weighted by Crippen LogP contribution is 2.51. The predicted octanol–water partition coefficient (Wildman–Crippen LogP) is 2.87. The summed E-state index contributed by atoms with van der Waals surface area (Å²) < 4.78 is 30.2. The minimum atomic E-state index is -1.43. The second-order valence-electron chi connectivity index (χ2n) is 4.93. The number of thioether (sulfide) groups is 1. The molecule has 1 N–H and O–H groups in total. The SMILES string of the molecule is CC(F)Oc1ccc(CO)c2c1OC1(CCSCC1)O2. The summed E-state index contributed by atoms with van der Waals surface area (Å²) in [5, 5.41) is 9.41. The Morgan fingerprint density at radius 1 is 1.35 bits per heavy atom. The lowest BCUT2D eigenvalue weighted by Crippen LogP contribution is -2.42. The van der Waals surface area contributed by atoms with Gasteiger partial charge in [-0.3, -0.25) is 0 Å². The lowest BCUT2D eigenvalue weighted by atomic mass is 10.1. The quantitative estimate of drug-likeness (QED) is 0.930. The van der Waals surface area contributed by atoms with Crippen molar-refractivity contribution in [3.8, 4) is 17.2 Å². The van der Waals surface area contributed by atoms with E-state index in [0.29, 0.717) is 22.8 Å². The number of rotatable bonds is 3. The van der Waals surface area contributed by atoms with Gasteiger partial charge in [0.2, 0.25) is 12.1 Å². The molecule has 20 heavy (non-hydrogen) atoms. The van der Waals surface area contributed by atoms with Crippen molar-refractivity contribution in [2.24, 2.45) is 0 Å². The van der Waals surface area contributed by atoms with Crippen molar-refractivity contribution in [3.05, 3.63) is 17.7 Å². The number of hydrogen-bond donors (Lipinski definition) is 1. The predicted molar refractivity (Wildman–Crippen MR) is 74.1 cm³/mol. The van der Waals surface area contributed by atoms with Crippen LogP contribution in [0.1, 0.15) is 25.3 Å². The Bertz CT molecular complexity index is 500. The van der Waals surface area contributed by atoms with Crippen LogP contribution in [0.15, 0.2) is 12.1 Å². The van der Waals surface area contributed by atoms with Crippen LogP contribution < -0.4 is 14.2 Å². The second-order valence-corrected chi connectivity index (χ2v) is 6.15. The molecule has 0 amide bonds. The number of hydrogen-bond acceptors (Lipinski definition) is 5. The van der Waals surface area contributed by atoms with Gasteiger partial charge in [-0.25, -0.2) is 4.39 Å². The first-order valence-electron chi connectivity index (χ1n) is 6.67. The molecule has 1 aromatic rings. The van der Waals surface area contributed by atoms with Crippen molar-refractivity contribution in [1.82, 2.24) is 0 Å². The Morgan fingerprint density at radius 3 is 2.70 bits per heavy atom. The zero-order valence-corrected chi connectivity index (χ0v) is 12.0. The molecule has 1 fully saturated rings. The van der Waals surface area contributed by atoms with Gasteiger partial charge in [0.1, 0.15) is 0 Å². The van der Waals surface area contributed by atoms with E-state index in [-0.39, 0.29) is 6.61 Å². The summed E-state index contributed by atoms with van der Waals surface area (Å²) in [6, 6.07) is 3.29. The summed E-state index contributed by atoms with van der Waals surface area (Å²) in [6.07, 6.45) is 0.102. The summed E-state index contributed by atoms with van der Waals surface area (Å²) in [6.45, 7) is 1.16. The van der Waals surface area contributed by atoms with Gasteiger partial charge in [0, 0.05) is 36.8 Å². The van der Waals surface area contributed by atoms with E-state index in [9.17, 15) is 9.50 Å². The molecule has 2 heterocycles. The van der Waals surface area contributed by atoms with Crippen LogP contribution in [0.3, 0.4) is 0 Å². The van der Waals surface area contributed by atoms with E-state index < -0.39 is 12.1 Å². The van der Waals surface area contributed by atoms with Gasteiger partial charge in [-0.05, 0) is 12.1 Å². The Hall–Kier alpha value is -1.14. The average Bonchev–Trinajstić information content (AvgIpc) is 2.78. The molecular weight excluding hydrogens is 283 g/mol. The van der Waals surface area contributed by atoms with Crippen molar-refractivity contribution < 1.29 is 23.7 Å². The zero-order valence-electron chi connectivity index (χ0n) is 11.2. The molecule has 1 unspecified atom stereocenters. The fraction of sp³-hybridized carbons (Fsp3) is 0.571. The van der Waals surface area contributed by atoms with Gasteiger partial charge in [-0.15, -0.1) is 0 Å². The highest BCUT2D eigenvalue weighted by atomic mass is 32.2. The van der Waals surface area contributed by atoms with Crippen molar-refractivity contribution in [1.29, 1.82) is 0 Å². The molecule has 1 spiro atoms. The molecule has 4 nitrogen and oxygen atoms in total. The van der Waals surface area contributed by atoms with E-state index >= 15 is 0 Å². The standard InChI is InChI=1S/C14H17FO4S/c1-9(15)17-11-3-2-10(8-16)12-13(11)19-14(18-12)4-6-20-7-5-14/h2-3,9,16H,4-8H2,1H3. The first-order chi connectivity index (χ1) is 9.63. The van der Waals surface area contributed by atoms with E-state index in [1.54, 1.807) is 12.1 Å². The molecule has 1 saturated heterocycles. The molecule has 0 saturated carbocycles. The van der Waals surface area contributed by atoms with E-state index in [1.807, 2.05) is 11.8 Å². The smallest absolute Gasteiger partial charge is 0.253 e. The fourth-order valence-electron chi connectivity index (χ4n) is 2.47. The van der Waals surface area contributed by atoms with Gasteiger partial charge < -0.3 is 19.3 Å². The van der Waals surface area contributed by atoms with Crippen LogP contribution in [0, 0.1) is 0 Å². The van der Waals surface area contributed by atoms with E-state index in [1.165, 1.54) is 6.92 Å². The van der Waals surface area contributed by atoms with Crippen LogP contribution >= 0.6 is 11.8 Å². The van der Waals surface area contributed by atoms with Gasteiger partial charge in [0.25, 0.3) is 5.79 Å². The Morgan fingerprint density at radius 2 is 2.05 bits per heavy atom. The highest BCUT2D eigenvalue weighted by Gasteiger charge is 2.45. The third kappa shape index (κ3) is 2.42. The number of alkyl halides is 1. The molecule has 6 heteroatoms. The van der Waals surface area contributed by atoms with Crippen molar-refractivity contribution in [2.75, 3.05) is 11.5 Å². The molecule has 0 aromatic heterocycles. The highest BCUT2D eigenvalue weighted by molar-refractivity contribution is 7.99. The van der Waals surface area contributed by atoms with Crippen LogP contribution in [0.4, 0.5) is 4.39 Å². The maximum Gasteiger partial charge on any atom is 0.253 e. The summed E-state index contributed by atoms with van der Waals surface area (Å²) >= 11 is 1.86. The second kappa shape index (κ2) is 5.33. The minimum absolute atomic E-state index is 0.151. The normalized spacial score (nSPS) is 20.9. The summed E-state index contributed by atoms with van der Waals surface area (Å²) in [4.78, 5) is 0. The molecule has 2 aliphatic heterocycles. The van der Waals surface area contributed by atoms with Gasteiger partial charge in [0.15, 0.2) is 11.5 Å². The Balaban J connectivity index is 1.96. The maximum absolute atomic E-state index is 13.1. The molecule has 3 rings (SSSR count). The minimum Gasteiger partial charge on any atom is -0.457 e. The van der Waals surface area contributed by atoms with Crippen LogP contribution in [0.5, 0.6) is 17.2 Å². The molecule has 110 valence electrons. The maximum atomic E-state index is 13.1. The molecule has 2 aliphatic rings. The van der Waals surface area contributed by atoms with Crippen LogP contribution in [-0.2, 0) is 6.61 Å². The van der Waals surface area contributed by atoms with Crippen molar-refractivity contribution >= 4 is 11.8 Å². The zero-order chi connectivity index (χ0) is 14.2. The molecule has 0 radical (unpaired) electrons. The number of ether oxygens (including phenoxy) is 3. The number of fused-ring (bicyclic) bond motifs is 1. The third-order valence-corrected chi connectivity index (χ3v) is 4.43. The molecule has 1 aromatic carbocycles. The van der Waals surface area contributed by atoms with E-state index in [0.717, 1.165) is 24.3 Å². The van der Waals surface area contributed by atoms with Crippen molar-refractivity contribution in [3.63, 3.8) is 0 Å². The third-order valence-electron chi connectivity index (χ3n) is 3.45. The van der Waals surface area contributed by atoms with Gasteiger partial charge in [-0.1, -0.05) is 0 Å². The first kappa shape index (κ1) is 13.8. The number of aliphatic hydroxyl groups excluding tert-OH is 1. The summed E-state index contributed by atoms with van der Waals surface area (Å²) in [5.41, 5.74) is 0.633. The molecule has 0 bridgehead atoms. The van der Waals surface area contributed by atoms with Gasteiger partial charge in [-0.2, -0.15) is 11.8 Å². The van der Waals surface area contributed by atoms with Crippen molar-refractivity contribution in [2.45, 2.75) is 38.5 Å². The largest absolute Gasteiger partial charge is 0.457 e. The van der Waals surface area contributed by atoms with Gasteiger partial charge >= 0.3 is 0 Å². The van der Waals surface area contributed by atoms with E-state index in [2.05, 4.69) is 0 Å². The summed E-state index contributed by atoms with van der Waals surface area (Å²) in [5.74, 6) is 2.44. The molecule has 0 aliphatic carbocycles. The lowest BCUT2D eigenvalue weighted by Gasteiger charge is -2.31. The monoisotopic (exact) mass is 300 g/mol. The lowest BCUT2D eigenvalue weighted by molar-refractivity contribution is -0.0863. The van der Waals surface area contributed by atoms with Gasteiger partial charge in [0.05, 0.1) is 6.61 Å². The van der Waals surface area contributed by atoms with Crippen LogP contribution in [0.2, 0.25) is 0 Å². The number of benzene rings is 1. The Kier molecular flexibility index (Phi) is 3.69. The number of aliphatic hydroxyl groups is 1. The Labute approximate surface area is 121 Å². The molecule has 1 atom stereocenters. The van der Waals surface area contributed by atoms with E-state index in [4.69, 9.17) is 14.2 Å². The van der Waals surface area contributed by atoms with Crippen LogP contribution in [0.25, 0.3) is 0 Å².